The molecule has 0 saturated heterocycles. The van der Waals surface area contributed by atoms with Crippen molar-refractivity contribution in [1.82, 2.24) is 9.80 Å². The van der Waals surface area contributed by atoms with E-state index in [0.29, 0.717) is 9.80 Å². The Labute approximate surface area is 174 Å². The molecule has 14 nitrogen and oxygen atoms in total. The van der Waals surface area contributed by atoms with Crippen molar-refractivity contribution in [1.29, 1.82) is 0 Å². The molecule has 0 amide bonds. The average Bonchev–Trinajstić information content (AvgIpc) is 2.16. The molecule has 1 atom stereocenters. The molecule has 1 unspecified atom stereocenters. The summed E-state index contributed by atoms with van der Waals surface area (Å²) in [7, 11) is -19.7. The molecule has 151 valence electrons. The Morgan fingerprint density at radius 1 is 0.640 bits per heavy atom. The standard InChI is InChI=1S/C6H20N2O12P4.Gd/c9-21(10,11)3-7(4-22(12,13)14)1-2-8(5-23(15,16)17)6-24(18,19)20;/h1-6H2,(H2,9,10,11)(H2,12,13,14)(H2,15,16,17)(H2,18,19,20);/q;+3/p-3. The van der Waals surface area contributed by atoms with Gasteiger partial charge in [0.25, 0.3) is 0 Å². The van der Waals surface area contributed by atoms with Crippen molar-refractivity contribution in [3.05, 3.63) is 0 Å². The summed E-state index contributed by atoms with van der Waals surface area (Å²) in [5, 5.41) is 0. The Kier molecular flexibility index (Phi) is 12.9. The first-order chi connectivity index (χ1) is 10.4. The van der Waals surface area contributed by atoms with E-state index in [9.17, 15) is 32.9 Å². The van der Waals surface area contributed by atoms with Gasteiger partial charge in [-0.1, -0.05) is 7.60 Å². The Hall–Kier alpha value is 1.84. The van der Waals surface area contributed by atoms with Crippen LogP contribution in [-0.2, 0) is 18.3 Å². The van der Waals surface area contributed by atoms with Gasteiger partial charge < -0.3 is 48.3 Å². The van der Waals surface area contributed by atoms with E-state index in [2.05, 4.69) is 0 Å². The smallest absolute Gasteiger partial charge is 0.810 e. The molecule has 0 fully saturated rings. The summed E-state index contributed by atoms with van der Waals surface area (Å²) in [6.45, 7) is -1.21. The topological polar surface area (TPSA) is 245 Å². The van der Waals surface area contributed by atoms with E-state index in [-0.39, 0.29) is 39.9 Å². The molecule has 0 aromatic rings. The molecule has 0 spiro atoms. The van der Waals surface area contributed by atoms with E-state index in [4.69, 9.17) is 24.5 Å². The van der Waals surface area contributed by atoms with Crippen LogP contribution in [0.2, 0.25) is 0 Å². The molecule has 1 radical (unpaired) electrons. The fourth-order valence-corrected chi connectivity index (χ4v) is 4.99. The predicted molar refractivity (Wildman–Crippen MR) is 74.4 cm³/mol. The van der Waals surface area contributed by atoms with E-state index in [1.54, 1.807) is 0 Å². The minimum absolute atomic E-state index is 0. The number of hydrogen-bond donors (Lipinski definition) is 5. The molecule has 0 saturated carbocycles. The van der Waals surface area contributed by atoms with Crippen LogP contribution < -0.4 is 14.7 Å². The van der Waals surface area contributed by atoms with Gasteiger partial charge in [0.1, 0.15) is 20.2 Å². The third kappa shape index (κ3) is 20.4. The van der Waals surface area contributed by atoms with E-state index in [1.807, 2.05) is 0 Å². The number of hydrogen-bond acceptors (Lipinski definition) is 9. The number of rotatable bonds is 11. The zero-order valence-electron chi connectivity index (χ0n) is 12.4. The number of nitrogens with zero attached hydrogens (tertiary/aromatic N) is 2. The molecule has 0 aromatic carbocycles. The Bertz CT molecular complexity index is 492. The molecular formula is C6H17GdN2O12P4. The fourth-order valence-electron chi connectivity index (χ4n) is 1.67. The van der Waals surface area contributed by atoms with Crippen molar-refractivity contribution in [2.45, 2.75) is 0 Å². The van der Waals surface area contributed by atoms with Crippen LogP contribution in [-0.4, -0.2) is 72.5 Å². The van der Waals surface area contributed by atoms with Crippen LogP contribution in [0.1, 0.15) is 0 Å². The van der Waals surface area contributed by atoms with Gasteiger partial charge in [-0.15, -0.1) is 0 Å². The summed E-state index contributed by atoms with van der Waals surface area (Å²) in [6.07, 6.45) is -4.72. The Morgan fingerprint density at radius 3 is 1.20 bits per heavy atom. The maximum Gasteiger partial charge on any atom is 3.00 e. The van der Waals surface area contributed by atoms with Gasteiger partial charge in [-0.05, 0) is 0 Å². The predicted octanol–water partition coefficient (Wildman–Crippen LogP) is -3.76. The Balaban J connectivity index is 0. The van der Waals surface area contributed by atoms with Crippen LogP contribution in [0.5, 0.6) is 0 Å². The van der Waals surface area contributed by atoms with E-state index in [0.717, 1.165) is 0 Å². The molecular weight excluding hydrogens is 573 g/mol. The summed E-state index contributed by atoms with van der Waals surface area (Å²) in [5.74, 6) is 0. The van der Waals surface area contributed by atoms with Crippen LogP contribution >= 0.6 is 30.4 Å². The van der Waals surface area contributed by atoms with Gasteiger partial charge in [0.2, 0.25) is 0 Å². The molecule has 0 heterocycles. The largest absolute Gasteiger partial charge is 3.00 e. The quantitative estimate of drug-likeness (QED) is 0.145. The second-order valence-corrected chi connectivity index (χ2v) is 11.2. The molecule has 0 aliphatic rings. The zero-order valence-corrected chi connectivity index (χ0v) is 18.2. The van der Waals surface area contributed by atoms with Gasteiger partial charge in [0.05, 0.1) is 6.29 Å². The van der Waals surface area contributed by atoms with Crippen molar-refractivity contribution >= 4 is 30.4 Å². The monoisotopic (exact) mass is 591 g/mol. The third-order valence-electron chi connectivity index (χ3n) is 2.25. The SMILES string of the molecule is O=P([O-])([O-])CN(CCN(CP(=O)(O)O)CP(=O)(O)O)CP(=O)([O-])O.[Gd+3]. The van der Waals surface area contributed by atoms with Crippen molar-refractivity contribution in [2.75, 3.05) is 38.2 Å². The van der Waals surface area contributed by atoms with Crippen LogP contribution in [0.4, 0.5) is 0 Å². The molecule has 5 N–H and O–H groups in total. The van der Waals surface area contributed by atoms with Crippen LogP contribution in [0, 0.1) is 39.9 Å². The van der Waals surface area contributed by atoms with E-state index in [1.165, 1.54) is 0 Å². The molecule has 0 aromatic heterocycles. The summed E-state index contributed by atoms with van der Waals surface area (Å²) in [5.41, 5.74) is 0. The van der Waals surface area contributed by atoms with Gasteiger partial charge in [0, 0.05) is 19.4 Å². The normalized spacial score (nSPS) is 15.9. The third-order valence-corrected chi connectivity index (χ3v) is 5.29. The molecule has 0 bridgehead atoms. The first-order valence-corrected chi connectivity index (χ1v) is 13.0. The summed E-state index contributed by atoms with van der Waals surface area (Å²) < 4.78 is 43.4. The summed E-state index contributed by atoms with van der Waals surface area (Å²) in [4.78, 5) is 77.4. The first kappa shape index (κ1) is 29.0. The zero-order chi connectivity index (χ0) is 19.4. The molecule has 0 aliphatic carbocycles. The second kappa shape index (κ2) is 11.1. The Morgan fingerprint density at radius 2 is 0.960 bits per heavy atom. The molecule has 19 heteroatoms. The van der Waals surface area contributed by atoms with Crippen LogP contribution in [0.3, 0.4) is 0 Å². The average molecular weight is 590 g/mol. The first-order valence-electron chi connectivity index (χ1n) is 5.94. The second-order valence-electron chi connectivity index (χ2n) is 4.93. The van der Waals surface area contributed by atoms with Gasteiger partial charge in [0.15, 0.2) is 0 Å². The van der Waals surface area contributed by atoms with Crippen LogP contribution in [0.15, 0.2) is 0 Å². The van der Waals surface area contributed by atoms with Gasteiger partial charge >= 0.3 is 55.1 Å². The fraction of sp³-hybridized carbons (Fsp3) is 1.00. The molecule has 25 heavy (non-hydrogen) atoms. The molecule has 0 aliphatic heterocycles. The minimum atomic E-state index is -5.22. The summed E-state index contributed by atoms with van der Waals surface area (Å²) in [6, 6.07) is 0. The molecule has 0 rings (SSSR count). The van der Waals surface area contributed by atoms with Crippen LogP contribution in [0.25, 0.3) is 0 Å². The van der Waals surface area contributed by atoms with E-state index < -0.39 is 68.6 Å². The van der Waals surface area contributed by atoms with Gasteiger partial charge in [-0.25, -0.2) is 0 Å². The summed E-state index contributed by atoms with van der Waals surface area (Å²) >= 11 is 0. The van der Waals surface area contributed by atoms with Crippen molar-refractivity contribution in [2.24, 2.45) is 0 Å². The van der Waals surface area contributed by atoms with Crippen molar-refractivity contribution in [3.63, 3.8) is 0 Å². The van der Waals surface area contributed by atoms with Gasteiger partial charge in [-0.2, -0.15) is 0 Å². The maximum absolute atomic E-state index is 10.9. The maximum atomic E-state index is 10.9. The van der Waals surface area contributed by atoms with E-state index >= 15 is 0 Å². The van der Waals surface area contributed by atoms with Crippen molar-refractivity contribution in [3.8, 4) is 0 Å². The minimum Gasteiger partial charge on any atom is -0.810 e. The van der Waals surface area contributed by atoms with Gasteiger partial charge in [-0.3, -0.25) is 18.9 Å². The van der Waals surface area contributed by atoms with Crippen molar-refractivity contribution < 1.29 is 97.3 Å².